The molecule has 1 aromatic heterocycles. The zero-order valence-electron chi connectivity index (χ0n) is 8.79. The number of anilines is 1. The molecule has 0 aromatic carbocycles. The van der Waals surface area contributed by atoms with Gasteiger partial charge in [-0.15, -0.1) is 0 Å². The van der Waals surface area contributed by atoms with Crippen LogP contribution in [0.5, 0.6) is 0 Å². The van der Waals surface area contributed by atoms with Gasteiger partial charge in [0.05, 0.1) is 6.61 Å². The van der Waals surface area contributed by atoms with E-state index in [1.165, 1.54) is 0 Å². The lowest BCUT2D eigenvalue weighted by Crippen LogP contribution is -2.37. The molecule has 0 radical (unpaired) electrons. The lowest BCUT2D eigenvalue weighted by molar-refractivity contribution is 0.0131. The highest BCUT2D eigenvalue weighted by molar-refractivity contribution is 9.10. The summed E-state index contributed by atoms with van der Waals surface area (Å²) in [5.74, 6) is 0.715. The molecule has 0 aliphatic heterocycles. The van der Waals surface area contributed by atoms with Gasteiger partial charge in [0.1, 0.15) is 11.4 Å². The maximum absolute atomic E-state index is 9.58. The molecule has 1 unspecified atom stereocenters. The van der Waals surface area contributed by atoms with Crippen molar-refractivity contribution in [2.24, 2.45) is 0 Å². The van der Waals surface area contributed by atoms with Crippen molar-refractivity contribution in [2.75, 3.05) is 18.5 Å². The molecule has 5 heteroatoms. The molecule has 0 saturated heterocycles. The summed E-state index contributed by atoms with van der Waals surface area (Å²) in [6, 6.07) is 1.93. The standard InChI is InChI=1S/C10H15BrN2O2/c1-7-3-8(11)4-12-9(7)13-5-10(2,15)6-14/h3-4,14-15H,5-6H2,1-2H3,(H,12,13). The molecule has 0 fully saturated rings. The lowest BCUT2D eigenvalue weighted by Gasteiger charge is -2.21. The SMILES string of the molecule is Cc1cc(Br)cnc1NCC(C)(O)CO. The van der Waals surface area contributed by atoms with Gasteiger partial charge >= 0.3 is 0 Å². The van der Waals surface area contributed by atoms with Crippen LogP contribution in [0.15, 0.2) is 16.7 Å². The predicted molar refractivity (Wildman–Crippen MR) is 62.9 cm³/mol. The number of hydrogen-bond acceptors (Lipinski definition) is 4. The molecule has 15 heavy (non-hydrogen) atoms. The van der Waals surface area contributed by atoms with Crippen molar-refractivity contribution in [3.05, 3.63) is 22.3 Å². The van der Waals surface area contributed by atoms with Crippen molar-refractivity contribution in [2.45, 2.75) is 19.4 Å². The Bertz CT molecular complexity index is 342. The van der Waals surface area contributed by atoms with Crippen molar-refractivity contribution in [3.63, 3.8) is 0 Å². The van der Waals surface area contributed by atoms with Gasteiger partial charge in [0.15, 0.2) is 0 Å². The van der Waals surface area contributed by atoms with E-state index in [1.807, 2.05) is 13.0 Å². The quantitative estimate of drug-likeness (QED) is 0.775. The van der Waals surface area contributed by atoms with E-state index in [2.05, 4.69) is 26.2 Å². The summed E-state index contributed by atoms with van der Waals surface area (Å²) in [6.45, 7) is 3.47. The molecule has 4 nitrogen and oxygen atoms in total. The number of aliphatic hydroxyl groups is 2. The van der Waals surface area contributed by atoms with Gasteiger partial charge in [-0.1, -0.05) is 0 Å². The summed E-state index contributed by atoms with van der Waals surface area (Å²) in [5, 5.41) is 21.4. The predicted octanol–water partition coefficient (Wildman–Crippen LogP) is 1.31. The van der Waals surface area contributed by atoms with Crippen LogP contribution >= 0.6 is 15.9 Å². The highest BCUT2D eigenvalue weighted by atomic mass is 79.9. The molecular weight excluding hydrogens is 260 g/mol. The summed E-state index contributed by atoms with van der Waals surface area (Å²) < 4.78 is 0.916. The fraction of sp³-hybridized carbons (Fsp3) is 0.500. The number of aryl methyl sites for hydroxylation is 1. The highest BCUT2D eigenvalue weighted by Crippen LogP contribution is 2.17. The van der Waals surface area contributed by atoms with Gasteiger partial charge in [-0.3, -0.25) is 0 Å². The number of nitrogens with zero attached hydrogens (tertiary/aromatic N) is 1. The van der Waals surface area contributed by atoms with Crippen LogP contribution in [-0.2, 0) is 0 Å². The fourth-order valence-corrected chi connectivity index (χ4v) is 1.50. The molecule has 1 atom stereocenters. The van der Waals surface area contributed by atoms with Crippen LogP contribution in [0, 0.1) is 6.92 Å². The van der Waals surface area contributed by atoms with Gasteiger partial charge in [-0.2, -0.15) is 0 Å². The van der Waals surface area contributed by atoms with E-state index in [9.17, 15) is 5.11 Å². The molecule has 0 spiro atoms. The molecule has 84 valence electrons. The highest BCUT2D eigenvalue weighted by Gasteiger charge is 2.18. The lowest BCUT2D eigenvalue weighted by atomic mass is 10.1. The van der Waals surface area contributed by atoms with Crippen molar-refractivity contribution in [3.8, 4) is 0 Å². The molecule has 0 aliphatic rings. The normalized spacial score (nSPS) is 14.7. The number of pyridine rings is 1. The van der Waals surface area contributed by atoms with Gasteiger partial charge < -0.3 is 15.5 Å². The molecule has 0 aliphatic carbocycles. The minimum atomic E-state index is -1.12. The minimum Gasteiger partial charge on any atom is -0.393 e. The molecule has 0 amide bonds. The molecule has 1 aromatic rings. The zero-order chi connectivity index (χ0) is 11.5. The van der Waals surface area contributed by atoms with Crippen LogP contribution in [0.25, 0.3) is 0 Å². The minimum absolute atomic E-state index is 0.263. The van der Waals surface area contributed by atoms with Gasteiger partial charge in [0.25, 0.3) is 0 Å². The van der Waals surface area contributed by atoms with E-state index in [4.69, 9.17) is 5.11 Å². The largest absolute Gasteiger partial charge is 0.393 e. The van der Waals surface area contributed by atoms with E-state index in [0.717, 1.165) is 10.0 Å². The number of rotatable bonds is 4. The third-order valence-electron chi connectivity index (χ3n) is 2.02. The van der Waals surface area contributed by atoms with E-state index in [0.29, 0.717) is 5.82 Å². The van der Waals surface area contributed by atoms with Gasteiger partial charge in [-0.05, 0) is 41.4 Å². The smallest absolute Gasteiger partial charge is 0.129 e. The second-order valence-corrected chi connectivity index (χ2v) is 4.74. The number of halogens is 1. The number of hydrogen-bond donors (Lipinski definition) is 3. The number of aromatic nitrogens is 1. The second-order valence-electron chi connectivity index (χ2n) is 3.83. The molecule has 0 saturated carbocycles. The molecule has 0 bridgehead atoms. The molecule has 1 rings (SSSR count). The van der Waals surface area contributed by atoms with Crippen LogP contribution < -0.4 is 5.32 Å². The topological polar surface area (TPSA) is 65.4 Å². The van der Waals surface area contributed by atoms with Crippen LogP contribution in [0.3, 0.4) is 0 Å². The van der Waals surface area contributed by atoms with Gasteiger partial charge in [-0.25, -0.2) is 4.98 Å². The Morgan fingerprint density at radius 1 is 1.60 bits per heavy atom. The van der Waals surface area contributed by atoms with Crippen molar-refractivity contribution < 1.29 is 10.2 Å². The monoisotopic (exact) mass is 274 g/mol. The Labute approximate surface area is 97.5 Å². The third kappa shape index (κ3) is 3.77. The molecule has 3 N–H and O–H groups in total. The van der Waals surface area contributed by atoms with Crippen LogP contribution in [0.4, 0.5) is 5.82 Å². The molecule has 1 heterocycles. The van der Waals surface area contributed by atoms with Gasteiger partial charge in [0, 0.05) is 17.2 Å². The van der Waals surface area contributed by atoms with Gasteiger partial charge in [0.2, 0.25) is 0 Å². The van der Waals surface area contributed by atoms with Crippen molar-refractivity contribution in [1.29, 1.82) is 0 Å². The Hall–Kier alpha value is -0.650. The van der Waals surface area contributed by atoms with E-state index < -0.39 is 5.60 Å². The second kappa shape index (κ2) is 4.92. The van der Waals surface area contributed by atoms with E-state index in [-0.39, 0.29) is 13.2 Å². The first-order valence-electron chi connectivity index (χ1n) is 4.64. The maximum Gasteiger partial charge on any atom is 0.129 e. The summed E-state index contributed by atoms with van der Waals surface area (Å²) in [7, 11) is 0. The summed E-state index contributed by atoms with van der Waals surface area (Å²) in [6.07, 6.45) is 1.68. The average Bonchev–Trinajstić information content (AvgIpc) is 2.16. The Kier molecular flexibility index (Phi) is 4.07. The van der Waals surface area contributed by atoms with E-state index >= 15 is 0 Å². The number of nitrogens with one attached hydrogen (secondary N) is 1. The van der Waals surface area contributed by atoms with Crippen molar-refractivity contribution in [1.82, 2.24) is 4.98 Å². The Morgan fingerprint density at radius 3 is 2.80 bits per heavy atom. The van der Waals surface area contributed by atoms with Crippen molar-refractivity contribution >= 4 is 21.7 Å². The first kappa shape index (κ1) is 12.4. The maximum atomic E-state index is 9.58. The van der Waals surface area contributed by atoms with Crippen LogP contribution in [0.2, 0.25) is 0 Å². The third-order valence-corrected chi connectivity index (χ3v) is 2.46. The Morgan fingerprint density at radius 2 is 2.27 bits per heavy atom. The number of aliphatic hydroxyl groups excluding tert-OH is 1. The zero-order valence-corrected chi connectivity index (χ0v) is 10.4. The summed E-state index contributed by atoms with van der Waals surface area (Å²) in [5.41, 5.74) is -0.139. The van der Waals surface area contributed by atoms with Crippen LogP contribution in [-0.4, -0.2) is 33.9 Å². The first-order chi connectivity index (χ1) is 6.94. The fourth-order valence-electron chi connectivity index (χ4n) is 1.06. The van der Waals surface area contributed by atoms with E-state index in [1.54, 1.807) is 13.1 Å². The summed E-state index contributed by atoms with van der Waals surface area (Å²) >= 11 is 3.32. The average molecular weight is 275 g/mol. The Balaban J connectivity index is 2.66. The van der Waals surface area contributed by atoms with Crippen LogP contribution in [0.1, 0.15) is 12.5 Å². The molecular formula is C10H15BrN2O2. The first-order valence-corrected chi connectivity index (χ1v) is 5.43. The summed E-state index contributed by atoms with van der Waals surface area (Å²) in [4.78, 5) is 4.16.